The Bertz CT molecular complexity index is 1140. The summed E-state index contributed by atoms with van der Waals surface area (Å²) in [7, 11) is 2.00. The number of hydrogen-bond donors (Lipinski definition) is 3. The average Bonchev–Trinajstić information content (AvgIpc) is 3.48. The maximum Gasteiger partial charge on any atom is 0.262 e. The van der Waals surface area contributed by atoms with Crippen molar-refractivity contribution in [2.45, 2.75) is 31.3 Å². The smallest absolute Gasteiger partial charge is 0.262 e. The van der Waals surface area contributed by atoms with Crippen LogP contribution in [-0.2, 0) is 23.2 Å². The fourth-order valence-electron chi connectivity index (χ4n) is 5.14. The van der Waals surface area contributed by atoms with E-state index >= 15 is 0 Å². The third kappa shape index (κ3) is 3.75. The van der Waals surface area contributed by atoms with Crippen molar-refractivity contribution < 1.29 is 19.2 Å². The minimum absolute atomic E-state index is 0.103. The molecular weight excluding hydrogens is 424 g/mol. The molecule has 3 N–H and O–H groups in total. The standard InChI is InChI=1S/C23H26N6O4/c1-28-12-26-11-18(28)16-10-25-9-14(16)8-24-7-13-3-2-4-15-20(13)23(33)29(22(15)32)17-5-6-19(30)27-21(17)31/h2-4,11-12,14,16-17,24-25H,5-10H2,1H3,(H,27,30,31)/t14-,16-,17?/m1/s1. The van der Waals surface area contributed by atoms with Crippen LogP contribution in [0.5, 0.6) is 0 Å². The molecule has 0 aliphatic carbocycles. The molecule has 1 aromatic heterocycles. The van der Waals surface area contributed by atoms with E-state index in [0.717, 1.165) is 30.1 Å². The summed E-state index contributed by atoms with van der Waals surface area (Å²) in [5.41, 5.74) is 2.56. The molecule has 172 valence electrons. The van der Waals surface area contributed by atoms with Crippen molar-refractivity contribution >= 4 is 23.6 Å². The van der Waals surface area contributed by atoms with E-state index in [0.29, 0.717) is 29.5 Å². The second-order valence-electron chi connectivity index (χ2n) is 8.87. The van der Waals surface area contributed by atoms with Crippen LogP contribution in [-0.4, -0.2) is 63.8 Å². The van der Waals surface area contributed by atoms with Gasteiger partial charge in [0.05, 0.1) is 17.5 Å². The van der Waals surface area contributed by atoms with Crippen LogP contribution in [0.3, 0.4) is 0 Å². The Hall–Kier alpha value is -3.37. The number of nitrogens with zero attached hydrogens (tertiary/aromatic N) is 3. The highest BCUT2D eigenvalue weighted by atomic mass is 16.2. The lowest BCUT2D eigenvalue weighted by atomic mass is 9.93. The normalized spacial score (nSPS) is 25.0. The van der Waals surface area contributed by atoms with Crippen molar-refractivity contribution in [1.82, 2.24) is 30.4 Å². The molecule has 1 aromatic carbocycles. The minimum atomic E-state index is -0.958. The summed E-state index contributed by atoms with van der Waals surface area (Å²) in [4.78, 5) is 55.2. The molecule has 4 amide bonds. The zero-order valence-corrected chi connectivity index (χ0v) is 18.3. The average molecular weight is 450 g/mol. The molecule has 3 atom stereocenters. The van der Waals surface area contributed by atoms with E-state index in [4.69, 9.17) is 0 Å². The molecule has 0 bridgehead atoms. The summed E-state index contributed by atoms with van der Waals surface area (Å²) >= 11 is 0. The van der Waals surface area contributed by atoms with Crippen LogP contribution < -0.4 is 16.0 Å². The van der Waals surface area contributed by atoms with Gasteiger partial charge in [-0.3, -0.25) is 29.4 Å². The monoisotopic (exact) mass is 450 g/mol. The van der Waals surface area contributed by atoms with Gasteiger partial charge in [-0.2, -0.15) is 0 Å². The molecule has 0 radical (unpaired) electrons. The molecule has 0 saturated carbocycles. The Balaban J connectivity index is 1.29. The quantitative estimate of drug-likeness (QED) is 0.526. The number of carbonyl (C=O) groups excluding carboxylic acids is 4. The first kappa shape index (κ1) is 21.5. The van der Waals surface area contributed by atoms with Gasteiger partial charge in [-0.25, -0.2) is 4.98 Å². The first-order chi connectivity index (χ1) is 16.0. The zero-order chi connectivity index (χ0) is 23.1. The Kier molecular flexibility index (Phi) is 5.55. The summed E-state index contributed by atoms with van der Waals surface area (Å²) in [6.45, 7) is 2.95. The molecular formula is C23H26N6O4. The first-order valence-corrected chi connectivity index (χ1v) is 11.2. The minimum Gasteiger partial charge on any atom is -0.337 e. The van der Waals surface area contributed by atoms with Crippen molar-refractivity contribution in [1.29, 1.82) is 0 Å². The van der Waals surface area contributed by atoms with Gasteiger partial charge in [-0.15, -0.1) is 0 Å². The lowest BCUT2D eigenvalue weighted by molar-refractivity contribution is -0.136. The summed E-state index contributed by atoms with van der Waals surface area (Å²) in [6, 6.07) is 4.24. The van der Waals surface area contributed by atoms with Gasteiger partial charge in [0.2, 0.25) is 11.8 Å². The maximum absolute atomic E-state index is 13.2. The van der Waals surface area contributed by atoms with Crippen LogP contribution >= 0.6 is 0 Å². The number of carbonyl (C=O) groups is 4. The van der Waals surface area contributed by atoms with Gasteiger partial charge in [-0.1, -0.05) is 12.1 Å². The van der Waals surface area contributed by atoms with Crippen LogP contribution in [0.1, 0.15) is 50.7 Å². The van der Waals surface area contributed by atoms with Crippen molar-refractivity contribution in [3.05, 3.63) is 53.1 Å². The molecule has 4 heterocycles. The molecule has 5 rings (SSSR count). The summed E-state index contributed by atoms with van der Waals surface area (Å²) in [5, 5.41) is 9.12. The largest absolute Gasteiger partial charge is 0.337 e. The predicted octanol–water partition coefficient (Wildman–Crippen LogP) is -0.0859. The van der Waals surface area contributed by atoms with E-state index in [2.05, 4.69) is 20.9 Å². The Labute approximate surface area is 190 Å². The van der Waals surface area contributed by atoms with Gasteiger partial charge in [0.25, 0.3) is 11.8 Å². The van der Waals surface area contributed by atoms with Crippen LogP contribution in [0.2, 0.25) is 0 Å². The third-order valence-corrected chi connectivity index (χ3v) is 6.85. The molecule has 1 unspecified atom stereocenters. The molecule has 2 fully saturated rings. The predicted molar refractivity (Wildman–Crippen MR) is 117 cm³/mol. The number of fused-ring (bicyclic) bond motifs is 1. The van der Waals surface area contributed by atoms with Crippen LogP contribution in [0.4, 0.5) is 0 Å². The molecule has 3 aliphatic rings. The Morgan fingerprint density at radius 2 is 2.00 bits per heavy atom. The second kappa shape index (κ2) is 8.53. The third-order valence-electron chi connectivity index (χ3n) is 6.85. The summed E-state index contributed by atoms with van der Waals surface area (Å²) in [6.07, 6.45) is 3.96. The van der Waals surface area contributed by atoms with E-state index in [-0.39, 0.29) is 18.7 Å². The molecule has 10 nitrogen and oxygen atoms in total. The van der Waals surface area contributed by atoms with Crippen molar-refractivity contribution in [3.8, 4) is 0 Å². The SMILES string of the molecule is Cn1cncc1[C@@H]1CNC[C@H]1CNCc1cccc2c1C(=O)N(C1CCC(=O)NC1=O)C2=O. The fraction of sp³-hybridized carbons (Fsp3) is 0.435. The fourth-order valence-corrected chi connectivity index (χ4v) is 5.14. The number of hydrogen-bond acceptors (Lipinski definition) is 7. The number of benzene rings is 1. The van der Waals surface area contributed by atoms with Crippen molar-refractivity contribution in [2.24, 2.45) is 13.0 Å². The van der Waals surface area contributed by atoms with E-state index < -0.39 is 23.8 Å². The van der Waals surface area contributed by atoms with E-state index in [9.17, 15) is 19.2 Å². The van der Waals surface area contributed by atoms with E-state index in [1.165, 1.54) is 5.69 Å². The summed E-state index contributed by atoms with van der Waals surface area (Å²) in [5.74, 6) is -1.23. The molecule has 3 aliphatic heterocycles. The molecule has 33 heavy (non-hydrogen) atoms. The topological polar surface area (TPSA) is 125 Å². The number of imidazole rings is 1. The molecule has 2 aromatic rings. The van der Waals surface area contributed by atoms with Gasteiger partial charge in [-0.05, 0) is 30.5 Å². The van der Waals surface area contributed by atoms with Crippen LogP contribution in [0.25, 0.3) is 0 Å². The number of rotatable bonds is 6. The van der Waals surface area contributed by atoms with E-state index in [1.54, 1.807) is 12.1 Å². The van der Waals surface area contributed by atoms with Crippen LogP contribution in [0, 0.1) is 5.92 Å². The number of aromatic nitrogens is 2. The number of aryl methyl sites for hydroxylation is 1. The van der Waals surface area contributed by atoms with Gasteiger partial charge in [0, 0.05) is 50.9 Å². The second-order valence-corrected chi connectivity index (χ2v) is 8.87. The first-order valence-electron chi connectivity index (χ1n) is 11.2. The van der Waals surface area contributed by atoms with E-state index in [1.807, 2.05) is 30.2 Å². The number of imide groups is 2. The van der Waals surface area contributed by atoms with Crippen LogP contribution in [0.15, 0.2) is 30.7 Å². The van der Waals surface area contributed by atoms with Gasteiger partial charge < -0.3 is 15.2 Å². The highest BCUT2D eigenvalue weighted by molar-refractivity contribution is 6.24. The highest BCUT2D eigenvalue weighted by Gasteiger charge is 2.45. The van der Waals surface area contributed by atoms with Crippen molar-refractivity contribution in [3.63, 3.8) is 0 Å². The molecule has 0 spiro atoms. The lowest BCUT2D eigenvalue weighted by Gasteiger charge is -2.27. The summed E-state index contributed by atoms with van der Waals surface area (Å²) < 4.78 is 2.04. The Morgan fingerprint density at radius 3 is 2.76 bits per heavy atom. The lowest BCUT2D eigenvalue weighted by Crippen LogP contribution is -2.54. The Morgan fingerprint density at radius 1 is 1.15 bits per heavy atom. The van der Waals surface area contributed by atoms with Gasteiger partial charge >= 0.3 is 0 Å². The van der Waals surface area contributed by atoms with Gasteiger partial charge in [0.15, 0.2) is 0 Å². The molecule has 2 saturated heterocycles. The van der Waals surface area contributed by atoms with Crippen molar-refractivity contribution in [2.75, 3.05) is 19.6 Å². The number of nitrogens with one attached hydrogen (secondary N) is 3. The number of amides is 4. The number of piperidine rings is 1. The zero-order valence-electron chi connectivity index (χ0n) is 18.3. The maximum atomic E-state index is 13.2. The van der Waals surface area contributed by atoms with Gasteiger partial charge in [0.1, 0.15) is 6.04 Å². The molecule has 10 heteroatoms. The highest BCUT2D eigenvalue weighted by Crippen LogP contribution is 2.30.